The monoisotopic (exact) mass is 376 g/mol. The summed E-state index contributed by atoms with van der Waals surface area (Å²) in [7, 11) is -6.82. The first-order chi connectivity index (χ1) is 11.1. The largest absolute Gasteiger partial charge is 0.390 e. The van der Waals surface area contributed by atoms with Gasteiger partial charge in [-0.3, -0.25) is 0 Å². The van der Waals surface area contributed by atoms with E-state index in [0.717, 1.165) is 5.56 Å². The predicted octanol–water partition coefficient (Wildman–Crippen LogP) is -0.164. The first-order valence-electron chi connectivity index (χ1n) is 7.82. The number of sulfonamides is 1. The molecule has 0 spiro atoms. The Hall–Kier alpha value is -1.00. The molecule has 0 unspecified atom stereocenters. The molecular formula is C15H24N2O5S2. The lowest BCUT2D eigenvalue weighted by atomic mass is 10.0. The molecule has 136 valence electrons. The highest BCUT2D eigenvalue weighted by molar-refractivity contribution is 7.91. The van der Waals surface area contributed by atoms with Crippen molar-refractivity contribution >= 4 is 19.9 Å². The topological polar surface area (TPSA) is 113 Å². The van der Waals surface area contributed by atoms with Crippen molar-refractivity contribution in [3.63, 3.8) is 0 Å². The Morgan fingerprint density at radius 1 is 1.17 bits per heavy atom. The summed E-state index contributed by atoms with van der Waals surface area (Å²) in [5.74, 6) is -0.0519. The third-order valence-corrected chi connectivity index (χ3v) is 7.20. The van der Waals surface area contributed by atoms with Crippen LogP contribution in [0.15, 0.2) is 29.2 Å². The van der Waals surface area contributed by atoms with Crippen molar-refractivity contribution in [2.75, 3.05) is 24.6 Å². The Bertz CT molecular complexity index is 758. The lowest BCUT2D eigenvalue weighted by molar-refractivity contribution is 0.166. The third-order valence-electron chi connectivity index (χ3n) is 4.00. The second-order valence-corrected chi connectivity index (χ2v) is 10.2. The van der Waals surface area contributed by atoms with Crippen LogP contribution in [0.3, 0.4) is 0 Å². The van der Waals surface area contributed by atoms with Gasteiger partial charge in [0, 0.05) is 19.1 Å². The predicted molar refractivity (Wildman–Crippen MR) is 92.2 cm³/mol. The van der Waals surface area contributed by atoms with Crippen LogP contribution in [-0.2, 0) is 19.9 Å². The molecule has 1 aromatic carbocycles. The van der Waals surface area contributed by atoms with E-state index in [4.69, 9.17) is 0 Å². The number of aliphatic hydroxyl groups is 1. The molecule has 1 aliphatic heterocycles. The molecule has 0 amide bonds. The number of sulfone groups is 1. The van der Waals surface area contributed by atoms with E-state index in [1.54, 1.807) is 24.3 Å². The number of aliphatic hydroxyl groups excluding tert-OH is 1. The highest BCUT2D eigenvalue weighted by Crippen LogP contribution is 2.17. The van der Waals surface area contributed by atoms with Gasteiger partial charge < -0.3 is 10.4 Å². The number of nitrogens with one attached hydrogen (secondary N) is 2. The summed E-state index contributed by atoms with van der Waals surface area (Å²) in [6, 6.07) is 6.16. The molecule has 0 saturated carbocycles. The lowest BCUT2D eigenvalue weighted by Crippen LogP contribution is -2.42. The Balaban J connectivity index is 1.85. The zero-order chi connectivity index (χ0) is 18.0. The summed E-state index contributed by atoms with van der Waals surface area (Å²) in [6.07, 6.45) is -0.949. The Labute approximate surface area is 143 Å². The quantitative estimate of drug-likeness (QED) is 0.570. The van der Waals surface area contributed by atoms with Crippen molar-refractivity contribution in [1.82, 2.24) is 10.0 Å². The van der Waals surface area contributed by atoms with Gasteiger partial charge in [0.15, 0.2) is 9.84 Å². The molecule has 2 atom stereocenters. The van der Waals surface area contributed by atoms with E-state index in [9.17, 15) is 21.9 Å². The molecule has 1 fully saturated rings. The van der Waals surface area contributed by atoms with Crippen LogP contribution in [0.4, 0.5) is 0 Å². The molecule has 24 heavy (non-hydrogen) atoms. The summed E-state index contributed by atoms with van der Waals surface area (Å²) < 4.78 is 49.6. The fourth-order valence-electron chi connectivity index (χ4n) is 2.58. The van der Waals surface area contributed by atoms with Crippen LogP contribution in [0.2, 0.25) is 0 Å². The van der Waals surface area contributed by atoms with Gasteiger partial charge in [-0.1, -0.05) is 26.0 Å². The molecule has 0 radical (unpaired) electrons. The maximum Gasteiger partial charge on any atom is 0.240 e. The molecule has 1 aliphatic rings. The Morgan fingerprint density at radius 3 is 2.29 bits per heavy atom. The summed E-state index contributed by atoms with van der Waals surface area (Å²) in [4.78, 5) is 0.190. The normalized spacial score (nSPS) is 23.7. The average molecular weight is 377 g/mol. The minimum Gasteiger partial charge on any atom is -0.390 e. The summed E-state index contributed by atoms with van der Waals surface area (Å²) >= 11 is 0. The molecule has 9 heteroatoms. The highest BCUT2D eigenvalue weighted by Gasteiger charge is 2.35. The first-order valence-corrected chi connectivity index (χ1v) is 11.1. The standard InChI is InChI=1S/C15H24N2O5S2/c1-11(2)12-3-5-13(6-4-12)24(21,22)17-8-7-16-14-9-23(19,20)10-15(14)18/h3-6,11,14-18H,7-10H2,1-2H3/t14-,15+/m0/s1. The van der Waals surface area contributed by atoms with E-state index in [1.165, 1.54) is 0 Å². The van der Waals surface area contributed by atoms with Crippen LogP contribution in [0.5, 0.6) is 0 Å². The van der Waals surface area contributed by atoms with Crippen LogP contribution >= 0.6 is 0 Å². The lowest BCUT2D eigenvalue weighted by Gasteiger charge is -2.15. The van der Waals surface area contributed by atoms with Gasteiger partial charge in [0.05, 0.1) is 22.5 Å². The highest BCUT2D eigenvalue weighted by atomic mass is 32.2. The van der Waals surface area contributed by atoms with Crippen LogP contribution in [0.25, 0.3) is 0 Å². The number of benzene rings is 1. The van der Waals surface area contributed by atoms with Gasteiger partial charge in [0.1, 0.15) is 0 Å². The second-order valence-electron chi connectivity index (χ2n) is 6.33. The second kappa shape index (κ2) is 7.49. The molecule has 0 aromatic heterocycles. The smallest absolute Gasteiger partial charge is 0.240 e. The first kappa shape index (κ1) is 19.3. The SMILES string of the molecule is CC(C)c1ccc(S(=O)(=O)NCCN[C@H]2CS(=O)(=O)C[C@H]2O)cc1. The fraction of sp³-hybridized carbons (Fsp3) is 0.600. The zero-order valence-corrected chi connectivity index (χ0v) is 15.4. The molecule has 3 N–H and O–H groups in total. The Morgan fingerprint density at radius 2 is 1.79 bits per heavy atom. The summed E-state index contributed by atoms with van der Waals surface area (Å²) in [5.41, 5.74) is 1.06. The van der Waals surface area contributed by atoms with Crippen molar-refractivity contribution in [3.8, 4) is 0 Å². The van der Waals surface area contributed by atoms with E-state index >= 15 is 0 Å². The maximum absolute atomic E-state index is 12.2. The van der Waals surface area contributed by atoms with E-state index in [-0.39, 0.29) is 29.5 Å². The van der Waals surface area contributed by atoms with Gasteiger partial charge in [-0.2, -0.15) is 0 Å². The molecule has 1 saturated heterocycles. The van der Waals surface area contributed by atoms with Crippen LogP contribution in [0, 0.1) is 0 Å². The Kier molecular flexibility index (Phi) is 6.03. The van der Waals surface area contributed by atoms with Gasteiger partial charge in [0.2, 0.25) is 10.0 Å². The van der Waals surface area contributed by atoms with Crippen LogP contribution in [-0.4, -0.2) is 58.7 Å². The maximum atomic E-state index is 12.2. The van der Waals surface area contributed by atoms with Crippen LogP contribution in [0.1, 0.15) is 25.3 Å². The van der Waals surface area contributed by atoms with E-state index in [1.807, 2.05) is 13.8 Å². The molecule has 1 aromatic rings. The average Bonchev–Trinajstić information content (AvgIpc) is 2.76. The fourth-order valence-corrected chi connectivity index (χ4v) is 5.39. The van der Waals surface area contributed by atoms with Gasteiger partial charge in [-0.05, 0) is 23.6 Å². The molecule has 0 bridgehead atoms. The summed E-state index contributed by atoms with van der Waals surface area (Å²) in [5, 5.41) is 12.5. The van der Waals surface area contributed by atoms with Crippen LogP contribution < -0.4 is 10.0 Å². The zero-order valence-electron chi connectivity index (χ0n) is 13.8. The van der Waals surface area contributed by atoms with Crippen molar-refractivity contribution < 1.29 is 21.9 Å². The van der Waals surface area contributed by atoms with E-state index in [0.29, 0.717) is 5.92 Å². The molecule has 0 aliphatic carbocycles. The summed E-state index contributed by atoms with van der Waals surface area (Å²) in [6.45, 7) is 4.41. The van der Waals surface area contributed by atoms with Crippen molar-refractivity contribution in [2.24, 2.45) is 0 Å². The van der Waals surface area contributed by atoms with Gasteiger partial charge in [0.25, 0.3) is 0 Å². The number of hydrogen-bond acceptors (Lipinski definition) is 6. The van der Waals surface area contributed by atoms with Crippen molar-refractivity contribution in [2.45, 2.75) is 36.8 Å². The molecule has 2 rings (SSSR count). The van der Waals surface area contributed by atoms with Gasteiger partial charge >= 0.3 is 0 Å². The van der Waals surface area contributed by atoms with Gasteiger partial charge in [-0.25, -0.2) is 21.6 Å². The molecular weight excluding hydrogens is 352 g/mol. The molecule has 7 nitrogen and oxygen atoms in total. The van der Waals surface area contributed by atoms with Crippen molar-refractivity contribution in [1.29, 1.82) is 0 Å². The third kappa shape index (κ3) is 5.00. The van der Waals surface area contributed by atoms with Gasteiger partial charge in [-0.15, -0.1) is 0 Å². The molecule has 1 heterocycles. The van der Waals surface area contributed by atoms with E-state index < -0.39 is 32.0 Å². The minimum absolute atomic E-state index is 0.109. The van der Waals surface area contributed by atoms with Crippen molar-refractivity contribution in [3.05, 3.63) is 29.8 Å². The van der Waals surface area contributed by atoms with E-state index in [2.05, 4.69) is 10.0 Å². The number of hydrogen-bond donors (Lipinski definition) is 3. The number of rotatable bonds is 7. The minimum atomic E-state index is -3.61.